The van der Waals surface area contributed by atoms with Crippen LogP contribution in [0, 0.1) is 6.92 Å². The highest BCUT2D eigenvalue weighted by Gasteiger charge is 2.30. The van der Waals surface area contributed by atoms with E-state index in [9.17, 15) is 18.0 Å². The van der Waals surface area contributed by atoms with Gasteiger partial charge in [-0.1, -0.05) is 12.1 Å². The van der Waals surface area contributed by atoms with Crippen LogP contribution in [0.15, 0.2) is 42.6 Å². The van der Waals surface area contributed by atoms with Gasteiger partial charge in [0.05, 0.1) is 5.56 Å². The maximum atomic E-state index is 12.4. The number of halogens is 3. The molecule has 98 valence electrons. The standard InChI is InChI=1S/C14H10F3NO/c1-9-12(3-2-8-18-9)13(19)10-4-6-11(7-5-10)14(15,16)17/h2-8H,1H3. The number of aryl methyl sites for hydroxylation is 1. The molecule has 2 rings (SSSR count). The summed E-state index contributed by atoms with van der Waals surface area (Å²) in [4.78, 5) is 16.1. The van der Waals surface area contributed by atoms with E-state index in [1.165, 1.54) is 12.1 Å². The lowest BCUT2D eigenvalue weighted by molar-refractivity contribution is -0.137. The Morgan fingerprint density at radius 3 is 2.26 bits per heavy atom. The van der Waals surface area contributed by atoms with Crippen molar-refractivity contribution in [2.45, 2.75) is 13.1 Å². The molecule has 0 spiro atoms. The van der Waals surface area contributed by atoms with Crippen LogP contribution in [0.25, 0.3) is 0 Å². The van der Waals surface area contributed by atoms with Crippen LogP contribution >= 0.6 is 0 Å². The Bertz CT molecular complexity index is 603. The number of nitrogens with zero attached hydrogens (tertiary/aromatic N) is 1. The number of ketones is 1. The fourth-order valence-electron chi connectivity index (χ4n) is 1.69. The molecule has 0 amide bonds. The zero-order valence-corrected chi connectivity index (χ0v) is 10.0. The van der Waals surface area contributed by atoms with Gasteiger partial charge in [-0.2, -0.15) is 13.2 Å². The molecule has 0 bridgehead atoms. The van der Waals surface area contributed by atoms with Gasteiger partial charge in [0, 0.05) is 23.0 Å². The van der Waals surface area contributed by atoms with Crippen molar-refractivity contribution < 1.29 is 18.0 Å². The summed E-state index contributed by atoms with van der Waals surface area (Å²) in [5, 5.41) is 0. The highest BCUT2D eigenvalue weighted by atomic mass is 19.4. The second-order valence-corrected chi connectivity index (χ2v) is 4.04. The molecule has 2 aromatic rings. The molecule has 0 unspecified atom stereocenters. The van der Waals surface area contributed by atoms with Crippen LogP contribution in [0.2, 0.25) is 0 Å². The van der Waals surface area contributed by atoms with Crippen molar-refractivity contribution in [1.29, 1.82) is 0 Å². The van der Waals surface area contributed by atoms with E-state index in [0.717, 1.165) is 12.1 Å². The minimum absolute atomic E-state index is 0.212. The highest BCUT2D eigenvalue weighted by Crippen LogP contribution is 2.29. The Morgan fingerprint density at radius 1 is 1.11 bits per heavy atom. The van der Waals surface area contributed by atoms with Gasteiger partial charge in [0.25, 0.3) is 0 Å². The lowest BCUT2D eigenvalue weighted by Crippen LogP contribution is -2.07. The third kappa shape index (κ3) is 2.81. The van der Waals surface area contributed by atoms with Gasteiger partial charge in [-0.25, -0.2) is 0 Å². The maximum Gasteiger partial charge on any atom is 0.416 e. The molecule has 0 radical (unpaired) electrons. The van der Waals surface area contributed by atoms with E-state index in [0.29, 0.717) is 11.3 Å². The number of aromatic nitrogens is 1. The third-order valence-electron chi connectivity index (χ3n) is 2.73. The van der Waals surface area contributed by atoms with Crippen molar-refractivity contribution in [1.82, 2.24) is 4.98 Å². The number of hydrogen-bond donors (Lipinski definition) is 0. The summed E-state index contributed by atoms with van der Waals surface area (Å²) in [6.45, 7) is 1.68. The zero-order valence-electron chi connectivity index (χ0n) is 10.0. The first kappa shape index (κ1) is 13.3. The van der Waals surface area contributed by atoms with Gasteiger partial charge in [-0.15, -0.1) is 0 Å². The van der Waals surface area contributed by atoms with Crippen molar-refractivity contribution in [3.05, 3.63) is 65.0 Å². The van der Waals surface area contributed by atoms with Crippen LogP contribution in [0.5, 0.6) is 0 Å². The smallest absolute Gasteiger partial charge is 0.289 e. The Labute approximate surface area is 107 Å². The van der Waals surface area contributed by atoms with Crippen LogP contribution in [0.4, 0.5) is 13.2 Å². The van der Waals surface area contributed by atoms with Gasteiger partial charge in [0.2, 0.25) is 0 Å². The number of benzene rings is 1. The van der Waals surface area contributed by atoms with Crippen molar-refractivity contribution in [3.8, 4) is 0 Å². The molecule has 2 nitrogen and oxygen atoms in total. The molecule has 0 saturated carbocycles. The molecule has 1 aromatic carbocycles. The average Bonchev–Trinajstić information content (AvgIpc) is 2.38. The van der Waals surface area contributed by atoms with Crippen LogP contribution in [0.1, 0.15) is 27.2 Å². The summed E-state index contributed by atoms with van der Waals surface area (Å²) in [6, 6.07) is 7.37. The van der Waals surface area contributed by atoms with Crippen LogP contribution in [-0.2, 0) is 6.18 Å². The van der Waals surface area contributed by atoms with Crippen molar-refractivity contribution >= 4 is 5.78 Å². The third-order valence-corrected chi connectivity index (χ3v) is 2.73. The molecule has 1 aromatic heterocycles. The van der Waals surface area contributed by atoms with Crippen LogP contribution in [-0.4, -0.2) is 10.8 Å². The molecule has 5 heteroatoms. The van der Waals surface area contributed by atoms with Gasteiger partial charge >= 0.3 is 6.18 Å². The summed E-state index contributed by atoms with van der Waals surface area (Å²) in [7, 11) is 0. The van der Waals surface area contributed by atoms with Crippen LogP contribution < -0.4 is 0 Å². The number of rotatable bonds is 2. The Balaban J connectivity index is 2.34. The molecule has 0 aliphatic rings. The van der Waals surface area contributed by atoms with Gasteiger partial charge in [0.1, 0.15) is 0 Å². The topological polar surface area (TPSA) is 30.0 Å². The Kier molecular flexibility index (Phi) is 3.38. The predicted octanol–water partition coefficient (Wildman–Crippen LogP) is 3.64. The molecule has 0 N–H and O–H groups in total. The summed E-state index contributed by atoms with van der Waals surface area (Å²) < 4.78 is 37.2. The first-order valence-corrected chi connectivity index (χ1v) is 5.53. The van der Waals surface area contributed by atoms with E-state index < -0.39 is 11.7 Å². The van der Waals surface area contributed by atoms with Crippen molar-refractivity contribution in [2.75, 3.05) is 0 Å². The van der Waals surface area contributed by atoms with Crippen LogP contribution in [0.3, 0.4) is 0 Å². The number of pyridine rings is 1. The number of hydrogen-bond acceptors (Lipinski definition) is 2. The maximum absolute atomic E-state index is 12.4. The minimum atomic E-state index is -4.40. The summed E-state index contributed by atoms with van der Waals surface area (Å²) in [5.41, 5.74) is 0.380. The zero-order chi connectivity index (χ0) is 14.0. The van der Waals surface area contributed by atoms with Gasteiger partial charge in [-0.3, -0.25) is 9.78 Å². The van der Waals surface area contributed by atoms with E-state index in [2.05, 4.69) is 4.98 Å². The molecule has 0 aliphatic carbocycles. The van der Waals surface area contributed by atoms with E-state index in [4.69, 9.17) is 0 Å². The SMILES string of the molecule is Cc1ncccc1C(=O)c1ccc(C(F)(F)F)cc1. The molecule has 0 atom stereocenters. The Morgan fingerprint density at radius 2 is 1.74 bits per heavy atom. The molecule has 19 heavy (non-hydrogen) atoms. The molecule has 1 heterocycles. The first-order chi connectivity index (χ1) is 8.89. The largest absolute Gasteiger partial charge is 0.416 e. The fourth-order valence-corrected chi connectivity index (χ4v) is 1.69. The number of alkyl halides is 3. The quantitative estimate of drug-likeness (QED) is 0.776. The normalized spacial score (nSPS) is 11.4. The first-order valence-electron chi connectivity index (χ1n) is 5.53. The lowest BCUT2D eigenvalue weighted by atomic mass is 10.0. The second kappa shape index (κ2) is 4.84. The monoisotopic (exact) mass is 265 g/mol. The molecule has 0 saturated heterocycles. The lowest BCUT2D eigenvalue weighted by Gasteiger charge is -2.08. The van der Waals surface area contributed by atoms with Gasteiger partial charge < -0.3 is 0 Å². The summed E-state index contributed by atoms with van der Waals surface area (Å²) in [5.74, 6) is -0.334. The highest BCUT2D eigenvalue weighted by molar-refractivity contribution is 6.09. The van der Waals surface area contributed by atoms with E-state index in [1.54, 1.807) is 25.3 Å². The number of carbonyl (C=O) groups excluding carboxylic acids is 1. The Hall–Kier alpha value is -2.17. The van der Waals surface area contributed by atoms with E-state index in [-0.39, 0.29) is 11.3 Å². The van der Waals surface area contributed by atoms with E-state index >= 15 is 0 Å². The van der Waals surface area contributed by atoms with Crippen molar-refractivity contribution in [2.24, 2.45) is 0 Å². The molecule has 0 fully saturated rings. The van der Waals surface area contributed by atoms with E-state index in [1.807, 2.05) is 0 Å². The average molecular weight is 265 g/mol. The number of carbonyl (C=O) groups is 1. The second-order valence-electron chi connectivity index (χ2n) is 4.04. The van der Waals surface area contributed by atoms with Gasteiger partial charge in [0.15, 0.2) is 5.78 Å². The van der Waals surface area contributed by atoms with Gasteiger partial charge in [-0.05, 0) is 31.2 Å². The molecule has 0 aliphatic heterocycles. The predicted molar refractivity (Wildman–Crippen MR) is 63.9 cm³/mol. The molecular formula is C14H10F3NO. The summed E-state index contributed by atoms with van der Waals surface area (Å²) >= 11 is 0. The fraction of sp³-hybridized carbons (Fsp3) is 0.143. The minimum Gasteiger partial charge on any atom is -0.289 e. The summed E-state index contributed by atoms with van der Waals surface area (Å²) in [6.07, 6.45) is -2.84. The van der Waals surface area contributed by atoms with Crippen molar-refractivity contribution in [3.63, 3.8) is 0 Å². The molecular weight excluding hydrogens is 255 g/mol.